The van der Waals surface area contributed by atoms with Gasteiger partial charge < -0.3 is 11.1 Å². The molecule has 3 nitrogen and oxygen atoms in total. The van der Waals surface area contributed by atoms with E-state index in [0.29, 0.717) is 18.9 Å². The molecule has 0 aliphatic carbocycles. The zero-order chi connectivity index (χ0) is 12.6. The van der Waals surface area contributed by atoms with E-state index in [9.17, 15) is 4.79 Å². The average molecular weight is 228 g/mol. The Labute approximate surface area is 100 Å². The van der Waals surface area contributed by atoms with Crippen molar-refractivity contribution < 1.29 is 4.79 Å². The Morgan fingerprint density at radius 1 is 1.31 bits per heavy atom. The predicted octanol–water partition coefficient (Wildman–Crippen LogP) is 2.45. The molecule has 3 N–H and O–H groups in total. The largest absolute Gasteiger partial charge is 0.351 e. The fraction of sp³-hybridized carbons (Fsp3) is 0.923. The summed E-state index contributed by atoms with van der Waals surface area (Å²) in [5.41, 5.74) is 5.45. The van der Waals surface area contributed by atoms with Crippen LogP contribution in [0.3, 0.4) is 0 Å². The van der Waals surface area contributed by atoms with Gasteiger partial charge in [0.25, 0.3) is 0 Å². The second-order valence-electron chi connectivity index (χ2n) is 5.04. The van der Waals surface area contributed by atoms with E-state index in [-0.39, 0.29) is 11.4 Å². The van der Waals surface area contributed by atoms with Crippen molar-refractivity contribution in [1.29, 1.82) is 0 Å². The van der Waals surface area contributed by atoms with Gasteiger partial charge in [0.2, 0.25) is 5.91 Å². The molecule has 0 spiro atoms. The Morgan fingerprint density at radius 2 is 1.88 bits per heavy atom. The van der Waals surface area contributed by atoms with E-state index in [0.717, 1.165) is 25.7 Å². The van der Waals surface area contributed by atoms with E-state index in [2.05, 4.69) is 33.0 Å². The van der Waals surface area contributed by atoms with Gasteiger partial charge in [0.05, 0.1) is 0 Å². The zero-order valence-electron chi connectivity index (χ0n) is 11.3. The molecule has 0 fully saturated rings. The van der Waals surface area contributed by atoms with Gasteiger partial charge in [-0.25, -0.2) is 0 Å². The highest BCUT2D eigenvalue weighted by molar-refractivity contribution is 5.76. The van der Waals surface area contributed by atoms with E-state index < -0.39 is 0 Å². The van der Waals surface area contributed by atoms with E-state index in [1.54, 1.807) is 0 Å². The minimum Gasteiger partial charge on any atom is -0.351 e. The smallest absolute Gasteiger partial charge is 0.220 e. The van der Waals surface area contributed by atoms with Gasteiger partial charge >= 0.3 is 0 Å². The third-order valence-corrected chi connectivity index (χ3v) is 3.53. The molecule has 0 aliphatic rings. The van der Waals surface area contributed by atoms with Crippen molar-refractivity contribution in [1.82, 2.24) is 5.32 Å². The maximum Gasteiger partial charge on any atom is 0.220 e. The van der Waals surface area contributed by atoms with Crippen LogP contribution in [0.1, 0.15) is 59.8 Å². The van der Waals surface area contributed by atoms with Crippen LogP contribution in [0.4, 0.5) is 0 Å². The quantitative estimate of drug-likeness (QED) is 0.670. The summed E-state index contributed by atoms with van der Waals surface area (Å²) < 4.78 is 0. The number of carbonyl (C=O) groups excluding carboxylic acids is 1. The van der Waals surface area contributed by atoms with Crippen LogP contribution in [-0.2, 0) is 4.79 Å². The molecule has 96 valence electrons. The van der Waals surface area contributed by atoms with Crippen LogP contribution < -0.4 is 11.1 Å². The van der Waals surface area contributed by atoms with Crippen LogP contribution in [-0.4, -0.2) is 18.0 Å². The van der Waals surface area contributed by atoms with Gasteiger partial charge in [0.1, 0.15) is 0 Å². The standard InChI is InChI=1S/C13H28N2O/c1-5-13(4,6-2)15-12(16)8-7-11(3)9-10-14/h11H,5-10,14H2,1-4H3,(H,15,16). The van der Waals surface area contributed by atoms with Crippen molar-refractivity contribution in [3.8, 4) is 0 Å². The van der Waals surface area contributed by atoms with Crippen LogP contribution in [0, 0.1) is 5.92 Å². The summed E-state index contributed by atoms with van der Waals surface area (Å²) in [4.78, 5) is 11.7. The lowest BCUT2D eigenvalue weighted by atomic mass is 9.94. The highest BCUT2D eigenvalue weighted by Crippen LogP contribution is 2.15. The average Bonchev–Trinajstić information content (AvgIpc) is 2.26. The first-order valence-electron chi connectivity index (χ1n) is 6.48. The van der Waals surface area contributed by atoms with Crippen LogP contribution in [0.5, 0.6) is 0 Å². The number of hydrogen-bond donors (Lipinski definition) is 2. The van der Waals surface area contributed by atoms with Crippen molar-refractivity contribution in [2.75, 3.05) is 6.54 Å². The molecule has 0 saturated heterocycles. The molecule has 0 bridgehead atoms. The summed E-state index contributed by atoms with van der Waals surface area (Å²) in [6, 6.07) is 0. The summed E-state index contributed by atoms with van der Waals surface area (Å²) >= 11 is 0. The lowest BCUT2D eigenvalue weighted by Crippen LogP contribution is -2.44. The molecule has 0 heterocycles. The first-order valence-corrected chi connectivity index (χ1v) is 6.48. The van der Waals surface area contributed by atoms with E-state index in [1.165, 1.54) is 0 Å². The van der Waals surface area contributed by atoms with Crippen molar-refractivity contribution in [3.05, 3.63) is 0 Å². The molecule has 1 atom stereocenters. The topological polar surface area (TPSA) is 55.1 Å². The van der Waals surface area contributed by atoms with Crippen molar-refractivity contribution in [2.45, 2.75) is 65.3 Å². The second-order valence-corrected chi connectivity index (χ2v) is 5.04. The third kappa shape index (κ3) is 6.11. The Hall–Kier alpha value is -0.570. The van der Waals surface area contributed by atoms with Gasteiger partial charge in [-0.1, -0.05) is 20.8 Å². The van der Waals surface area contributed by atoms with E-state index >= 15 is 0 Å². The Morgan fingerprint density at radius 3 is 2.31 bits per heavy atom. The van der Waals surface area contributed by atoms with Crippen molar-refractivity contribution in [2.24, 2.45) is 11.7 Å². The van der Waals surface area contributed by atoms with Crippen LogP contribution in [0.15, 0.2) is 0 Å². The maximum atomic E-state index is 11.7. The van der Waals surface area contributed by atoms with Gasteiger partial charge in [-0.15, -0.1) is 0 Å². The van der Waals surface area contributed by atoms with Crippen LogP contribution in [0.25, 0.3) is 0 Å². The number of amides is 1. The highest BCUT2D eigenvalue weighted by Gasteiger charge is 2.21. The molecule has 1 amide bonds. The molecule has 0 aromatic rings. The van der Waals surface area contributed by atoms with Crippen LogP contribution in [0.2, 0.25) is 0 Å². The monoisotopic (exact) mass is 228 g/mol. The molecular formula is C13H28N2O. The van der Waals surface area contributed by atoms with E-state index in [1.807, 2.05) is 0 Å². The van der Waals surface area contributed by atoms with Gasteiger partial charge in [0, 0.05) is 12.0 Å². The molecule has 3 heteroatoms. The number of carbonyl (C=O) groups is 1. The second kappa shape index (κ2) is 7.66. The Kier molecular flexibility index (Phi) is 7.39. The molecule has 0 saturated carbocycles. The molecule has 16 heavy (non-hydrogen) atoms. The van der Waals surface area contributed by atoms with Crippen molar-refractivity contribution >= 4 is 5.91 Å². The Bertz CT molecular complexity index is 200. The fourth-order valence-electron chi connectivity index (χ4n) is 1.63. The first-order chi connectivity index (χ1) is 7.47. The SMILES string of the molecule is CCC(C)(CC)NC(=O)CCC(C)CCN. The Balaban J connectivity index is 3.90. The number of nitrogens with two attached hydrogens (primary N) is 1. The summed E-state index contributed by atoms with van der Waals surface area (Å²) in [5, 5.41) is 3.12. The maximum absolute atomic E-state index is 11.7. The lowest BCUT2D eigenvalue weighted by molar-refractivity contribution is -0.123. The normalized spacial score (nSPS) is 13.6. The molecule has 0 aromatic carbocycles. The van der Waals surface area contributed by atoms with Gasteiger partial charge in [0.15, 0.2) is 0 Å². The van der Waals surface area contributed by atoms with Crippen molar-refractivity contribution in [3.63, 3.8) is 0 Å². The lowest BCUT2D eigenvalue weighted by Gasteiger charge is -2.28. The molecule has 0 rings (SSSR count). The minimum atomic E-state index is -0.0335. The zero-order valence-corrected chi connectivity index (χ0v) is 11.3. The van der Waals surface area contributed by atoms with Crippen LogP contribution >= 0.6 is 0 Å². The number of nitrogens with one attached hydrogen (secondary N) is 1. The summed E-state index contributed by atoms with van der Waals surface area (Å²) in [6.45, 7) is 9.19. The number of hydrogen-bond acceptors (Lipinski definition) is 2. The summed E-state index contributed by atoms with van der Waals surface area (Å²) in [7, 11) is 0. The molecule has 1 unspecified atom stereocenters. The third-order valence-electron chi connectivity index (χ3n) is 3.53. The summed E-state index contributed by atoms with van der Waals surface area (Å²) in [6.07, 6.45) is 4.52. The molecule has 0 aromatic heterocycles. The first kappa shape index (κ1) is 15.4. The minimum absolute atomic E-state index is 0.0335. The van der Waals surface area contributed by atoms with Gasteiger partial charge in [-0.2, -0.15) is 0 Å². The number of rotatable bonds is 8. The highest BCUT2D eigenvalue weighted by atomic mass is 16.1. The van der Waals surface area contributed by atoms with Gasteiger partial charge in [-0.05, 0) is 45.1 Å². The molecule has 0 radical (unpaired) electrons. The fourth-order valence-corrected chi connectivity index (χ4v) is 1.63. The molecular weight excluding hydrogens is 200 g/mol. The summed E-state index contributed by atoms with van der Waals surface area (Å²) in [5.74, 6) is 0.723. The van der Waals surface area contributed by atoms with Gasteiger partial charge in [-0.3, -0.25) is 4.79 Å². The molecule has 0 aliphatic heterocycles. The predicted molar refractivity (Wildman–Crippen MR) is 69.2 cm³/mol. The van der Waals surface area contributed by atoms with E-state index in [4.69, 9.17) is 5.73 Å².